The summed E-state index contributed by atoms with van der Waals surface area (Å²) in [4.78, 5) is 19.3. The molecule has 3 aromatic rings. The van der Waals surface area contributed by atoms with Gasteiger partial charge in [-0.25, -0.2) is 4.99 Å². The van der Waals surface area contributed by atoms with E-state index in [0.29, 0.717) is 17.0 Å². The second-order valence-electron chi connectivity index (χ2n) is 5.62. The van der Waals surface area contributed by atoms with Crippen molar-refractivity contribution in [3.05, 3.63) is 90.0 Å². The molecule has 0 bridgehead atoms. The van der Waals surface area contributed by atoms with Crippen molar-refractivity contribution in [1.82, 2.24) is 0 Å². The molecular weight excluding hydrogens is 310 g/mol. The molecule has 0 radical (unpaired) electrons. The lowest BCUT2D eigenvalue weighted by Crippen LogP contribution is -2.25. The molecule has 0 aromatic heterocycles. The minimum absolute atomic E-state index is 0.172. The minimum atomic E-state index is -0.172. The van der Waals surface area contributed by atoms with Crippen LogP contribution in [-0.4, -0.2) is 11.6 Å². The minimum Gasteiger partial charge on any atom is -0.275 e. The van der Waals surface area contributed by atoms with Crippen molar-refractivity contribution in [1.29, 1.82) is 5.26 Å². The second-order valence-corrected chi connectivity index (χ2v) is 5.62. The van der Waals surface area contributed by atoms with Crippen molar-refractivity contribution in [2.75, 3.05) is 4.90 Å². The third-order valence-electron chi connectivity index (χ3n) is 4.04. The van der Waals surface area contributed by atoms with Gasteiger partial charge in [0.2, 0.25) is 0 Å². The molecule has 0 saturated heterocycles. The Morgan fingerprint density at radius 1 is 0.880 bits per heavy atom. The average molecular weight is 323 g/mol. The van der Waals surface area contributed by atoms with Gasteiger partial charge in [-0.05, 0) is 36.4 Å². The van der Waals surface area contributed by atoms with Gasteiger partial charge in [-0.2, -0.15) is 5.26 Å². The lowest BCUT2D eigenvalue weighted by Gasteiger charge is -2.16. The molecule has 0 unspecified atom stereocenters. The zero-order valence-electron chi connectivity index (χ0n) is 13.3. The summed E-state index contributed by atoms with van der Waals surface area (Å²) in [6.07, 6.45) is 0. The molecule has 4 rings (SSSR count). The smallest absolute Gasteiger partial charge is 0.275 e. The number of carbonyl (C=O) groups is 1. The monoisotopic (exact) mass is 323 g/mol. The zero-order valence-corrected chi connectivity index (χ0v) is 13.3. The average Bonchev–Trinajstić information content (AvgIpc) is 2.94. The number of fused-ring (bicyclic) bond motifs is 1. The van der Waals surface area contributed by atoms with Gasteiger partial charge in [-0.1, -0.05) is 42.5 Å². The molecule has 1 aliphatic heterocycles. The van der Waals surface area contributed by atoms with Gasteiger partial charge in [-0.15, -0.1) is 0 Å². The van der Waals surface area contributed by atoms with Gasteiger partial charge < -0.3 is 0 Å². The van der Waals surface area contributed by atoms with Crippen molar-refractivity contribution in [3.63, 3.8) is 0 Å². The summed E-state index contributed by atoms with van der Waals surface area (Å²) < 4.78 is 0. The lowest BCUT2D eigenvalue weighted by atomic mass is 10.1. The molecule has 0 spiro atoms. The number of para-hydroxylation sites is 2. The van der Waals surface area contributed by atoms with Gasteiger partial charge in [0.15, 0.2) is 0 Å². The molecule has 1 aliphatic rings. The van der Waals surface area contributed by atoms with Crippen LogP contribution in [0.5, 0.6) is 0 Å². The van der Waals surface area contributed by atoms with E-state index in [-0.39, 0.29) is 5.91 Å². The van der Waals surface area contributed by atoms with Crippen LogP contribution < -0.4 is 4.90 Å². The number of carbonyl (C=O) groups excluding carboxylic acids is 1. The van der Waals surface area contributed by atoms with E-state index in [2.05, 4.69) is 11.1 Å². The number of rotatable bonds is 2. The molecule has 25 heavy (non-hydrogen) atoms. The van der Waals surface area contributed by atoms with Crippen LogP contribution in [0.2, 0.25) is 0 Å². The summed E-state index contributed by atoms with van der Waals surface area (Å²) in [6.45, 7) is 0. The highest BCUT2D eigenvalue weighted by Gasteiger charge is 2.34. The number of anilines is 2. The van der Waals surface area contributed by atoms with Crippen LogP contribution in [0.3, 0.4) is 0 Å². The SMILES string of the molecule is N#Cc1cccc(/N=C2\C(=O)N(c3ccccc3)c3ccccc32)c1. The summed E-state index contributed by atoms with van der Waals surface area (Å²) in [7, 11) is 0. The molecule has 0 fully saturated rings. The van der Waals surface area contributed by atoms with Crippen LogP contribution in [-0.2, 0) is 4.79 Å². The van der Waals surface area contributed by atoms with Crippen LogP contribution in [0, 0.1) is 11.3 Å². The molecule has 1 heterocycles. The summed E-state index contributed by atoms with van der Waals surface area (Å²) in [5.74, 6) is -0.172. The topological polar surface area (TPSA) is 56.5 Å². The Labute approximate surface area is 145 Å². The lowest BCUT2D eigenvalue weighted by molar-refractivity contribution is -0.111. The maximum absolute atomic E-state index is 13.1. The number of hydrogen-bond donors (Lipinski definition) is 0. The number of aliphatic imine (C=N–C) groups is 1. The van der Waals surface area contributed by atoms with Gasteiger partial charge in [0.05, 0.1) is 23.0 Å². The number of amides is 1. The van der Waals surface area contributed by atoms with Crippen molar-refractivity contribution in [3.8, 4) is 6.07 Å². The Balaban J connectivity index is 1.86. The summed E-state index contributed by atoms with van der Waals surface area (Å²) in [5.41, 5.74) is 3.89. The standard InChI is InChI=1S/C21H13N3O/c22-14-15-7-6-8-16(13-15)23-20-18-11-4-5-12-19(18)24(21(20)25)17-9-2-1-3-10-17/h1-13H/b23-20-. The largest absolute Gasteiger partial charge is 0.282 e. The van der Waals surface area contributed by atoms with Gasteiger partial charge in [0.1, 0.15) is 5.71 Å². The molecule has 118 valence electrons. The van der Waals surface area contributed by atoms with Crippen LogP contribution in [0.1, 0.15) is 11.1 Å². The van der Waals surface area contributed by atoms with E-state index >= 15 is 0 Å². The number of benzene rings is 3. The second kappa shape index (κ2) is 6.06. The fourth-order valence-electron chi connectivity index (χ4n) is 2.91. The molecule has 4 nitrogen and oxygen atoms in total. The Kier molecular flexibility index (Phi) is 3.60. The predicted molar refractivity (Wildman–Crippen MR) is 97.4 cm³/mol. The fraction of sp³-hybridized carbons (Fsp3) is 0. The molecule has 3 aromatic carbocycles. The van der Waals surface area contributed by atoms with Crippen LogP contribution in [0.25, 0.3) is 0 Å². The first kappa shape index (κ1) is 14.9. The first-order valence-corrected chi connectivity index (χ1v) is 7.86. The van der Waals surface area contributed by atoms with Crippen LogP contribution >= 0.6 is 0 Å². The Morgan fingerprint density at radius 2 is 1.64 bits per heavy atom. The fourth-order valence-corrected chi connectivity index (χ4v) is 2.91. The van der Waals surface area contributed by atoms with E-state index in [0.717, 1.165) is 16.9 Å². The molecule has 0 N–H and O–H groups in total. The maximum Gasteiger partial charge on any atom is 0.282 e. The first-order valence-electron chi connectivity index (χ1n) is 7.86. The van der Waals surface area contributed by atoms with Crippen LogP contribution in [0.15, 0.2) is 83.9 Å². The highest BCUT2D eigenvalue weighted by molar-refractivity contribution is 6.56. The zero-order chi connectivity index (χ0) is 17.2. The van der Waals surface area contributed by atoms with Crippen molar-refractivity contribution >= 4 is 28.7 Å². The summed E-state index contributed by atoms with van der Waals surface area (Å²) in [5, 5.41) is 9.05. The van der Waals surface area contributed by atoms with E-state index in [1.807, 2.05) is 54.6 Å². The third kappa shape index (κ3) is 2.58. The van der Waals surface area contributed by atoms with Crippen molar-refractivity contribution < 1.29 is 4.79 Å². The first-order chi connectivity index (χ1) is 12.3. The summed E-state index contributed by atoms with van der Waals surface area (Å²) >= 11 is 0. The highest BCUT2D eigenvalue weighted by atomic mass is 16.2. The van der Waals surface area contributed by atoms with E-state index in [9.17, 15) is 4.79 Å². The number of hydrogen-bond acceptors (Lipinski definition) is 3. The van der Waals surface area contributed by atoms with Gasteiger partial charge in [0.25, 0.3) is 5.91 Å². The summed E-state index contributed by atoms with van der Waals surface area (Å²) in [6, 6.07) is 26.1. The van der Waals surface area contributed by atoms with Gasteiger partial charge in [0, 0.05) is 11.3 Å². The maximum atomic E-state index is 13.1. The van der Waals surface area contributed by atoms with Gasteiger partial charge >= 0.3 is 0 Å². The predicted octanol–water partition coefficient (Wildman–Crippen LogP) is 4.36. The molecular formula is C21H13N3O. The van der Waals surface area contributed by atoms with Crippen molar-refractivity contribution in [2.24, 2.45) is 4.99 Å². The quantitative estimate of drug-likeness (QED) is 0.703. The molecule has 4 heteroatoms. The normalized spacial score (nSPS) is 14.4. The highest BCUT2D eigenvalue weighted by Crippen LogP contribution is 2.36. The van der Waals surface area contributed by atoms with Crippen LogP contribution in [0.4, 0.5) is 17.1 Å². The molecule has 0 atom stereocenters. The Hall–Kier alpha value is -3.71. The molecule has 0 saturated carbocycles. The number of nitriles is 1. The molecule has 1 amide bonds. The third-order valence-corrected chi connectivity index (χ3v) is 4.04. The van der Waals surface area contributed by atoms with E-state index in [4.69, 9.17) is 5.26 Å². The molecule has 0 aliphatic carbocycles. The van der Waals surface area contributed by atoms with Gasteiger partial charge in [-0.3, -0.25) is 9.69 Å². The Bertz CT molecular complexity index is 1030. The van der Waals surface area contributed by atoms with Crippen molar-refractivity contribution in [2.45, 2.75) is 0 Å². The van der Waals surface area contributed by atoms with E-state index in [1.165, 1.54) is 0 Å². The van der Waals surface area contributed by atoms with E-state index in [1.54, 1.807) is 29.2 Å². The number of nitrogens with zero attached hydrogens (tertiary/aromatic N) is 3. The van der Waals surface area contributed by atoms with E-state index < -0.39 is 0 Å². The Morgan fingerprint density at radius 3 is 2.44 bits per heavy atom.